The molecule has 0 spiro atoms. The summed E-state index contributed by atoms with van der Waals surface area (Å²) in [5, 5.41) is 6.83. The summed E-state index contributed by atoms with van der Waals surface area (Å²) < 4.78 is 0. The number of likely N-dealkylation sites (N-methyl/N-ethyl adjacent to an activating group) is 1. The molecule has 4 rings (SSSR count). The maximum Gasteiger partial charge on any atom is 0.251 e. The molecule has 0 saturated carbocycles. The molecule has 0 aliphatic rings. The van der Waals surface area contributed by atoms with Crippen LogP contribution in [-0.2, 0) is 13.0 Å². The summed E-state index contributed by atoms with van der Waals surface area (Å²) in [5.74, 6) is 0.583. The fraction of sp³-hybridized carbons (Fsp3) is 0.174. The minimum absolute atomic E-state index is 0.156. The Morgan fingerprint density at radius 3 is 2.59 bits per heavy atom. The SMILES string of the molecule is CN(CCc1cn[nH]c1)Cc1cccc(-c2nc(-c3ccccc3)cc(=O)[nH]2)c1. The average molecular weight is 385 g/mol. The minimum Gasteiger partial charge on any atom is -0.306 e. The van der Waals surface area contributed by atoms with Gasteiger partial charge in [-0.2, -0.15) is 5.10 Å². The Hall–Kier alpha value is -3.51. The zero-order valence-corrected chi connectivity index (χ0v) is 16.3. The maximum absolute atomic E-state index is 12.2. The van der Waals surface area contributed by atoms with Crippen LogP contribution in [0.25, 0.3) is 22.6 Å². The van der Waals surface area contributed by atoms with E-state index in [9.17, 15) is 4.79 Å². The molecule has 0 aliphatic heterocycles. The van der Waals surface area contributed by atoms with E-state index in [0.29, 0.717) is 11.5 Å². The van der Waals surface area contributed by atoms with Crippen molar-refractivity contribution in [3.63, 3.8) is 0 Å². The highest BCUT2D eigenvalue weighted by atomic mass is 16.1. The van der Waals surface area contributed by atoms with Gasteiger partial charge >= 0.3 is 0 Å². The van der Waals surface area contributed by atoms with Crippen LogP contribution in [0.3, 0.4) is 0 Å². The first-order valence-corrected chi connectivity index (χ1v) is 9.60. The number of nitrogens with zero attached hydrogens (tertiary/aromatic N) is 3. The number of aromatic nitrogens is 4. The second-order valence-electron chi connectivity index (χ2n) is 7.14. The summed E-state index contributed by atoms with van der Waals surface area (Å²) in [5.41, 5.74) is 4.72. The first kappa shape index (κ1) is 18.8. The van der Waals surface area contributed by atoms with Gasteiger partial charge in [0.2, 0.25) is 0 Å². The molecule has 29 heavy (non-hydrogen) atoms. The first-order chi connectivity index (χ1) is 14.2. The Morgan fingerprint density at radius 1 is 0.966 bits per heavy atom. The highest BCUT2D eigenvalue weighted by Gasteiger charge is 2.08. The van der Waals surface area contributed by atoms with Crippen molar-refractivity contribution >= 4 is 0 Å². The van der Waals surface area contributed by atoms with Crippen LogP contribution in [0.5, 0.6) is 0 Å². The molecule has 0 atom stereocenters. The topological polar surface area (TPSA) is 77.7 Å². The molecule has 0 saturated heterocycles. The molecule has 2 aromatic heterocycles. The van der Waals surface area contributed by atoms with Crippen molar-refractivity contribution in [2.24, 2.45) is 0 Å². The van der Waals surface area contributed by atoms with Crippen molar-refractivity contribution in [2.75, 3.05) is 13.6 Å². The molecule has 0 fully saturated rings. The Kier molecular flexibility index (Phi) is 5.63. The van der Waals surface area contributed by atoms with Gasteiger partial charge in [-0.1, -0.05) is 48.5 Å². The van der Waals surface area contributed by atoms with Crippen LogP contribution in [0.4, 0.5) is 0 Å². The number of H-pyrrole nitrogens is 2. The largest absolute Gasteiger partial charge is 0.306 e. The van der Waals surface area contributed by atoms with Gasteiger partial charge in [0.15, 0.2) is 0 Å². The van der Waals surface area contributed by atoms with Crippen LogP contribution >= 0.6 is 0 Å². The van der Waals surface area contributed by atoms with E-state index in [-0.39, 0.29) is 5.56 Å². The molecule has 0 radical (unpaired) electrons. The Morgan fingerprint density at radius 2 is 1.79 bits per heavy atom. The van der Waals surface area contributed by atoms with Gasteiger partial charge in [-0.3, -0.25) is 9.89 Å². The summed E-state index contributed by atoms with van der Waals surface area (Å²) in [6.07, 6.45) is 4.73. The van der Waals surface area contributed by atoms with Gasteiger partial charge in [-0.05, 0) is 30.7 Å². The van der Waals surface area contributed by atoms with E-state index in [4.69, 9.17) is 0 Å². The molecule has 0 amide bonds. The molecule has 0 aliphatic carbocycles. The van der Waals surface area contributed by atoms with Gasteiger partial charge < -0.3 is 9.88 Å². The summed E-state index contributed by atoms with van der Waals surface area (Å²) in [6.45, 7) is 1.75. The zero-order valence-electron chi connectivity index (χ0n) is 16.3. The maximum atomic E-state index is 12.2. The Bertz CT molecular complexity index is 1120. The third-order valence-electron chi connectivity index (χ3n) is 4.80. The molecule has 2 heterocycles. The molecule has 146 valence electrons. The second kappa shape index (κ2) is 8.67. The molecule has 4 aromatic rings. The third kappa shape index (κ3) is 4.86. The molecule has 6 nitrogen and oxygen atoms in total. The fourth-order valence-electron chi connectivity index (χ4n) is 3.29. The average Bonchev–Trinajstić information content (AvgIpc) is 3.26. The predicted octanol–water partition coefficient (Wildman–Crippen LogP) is 3.50. The molecular weight excluding hydrogens is 362 g/mol. The molecule has 2 N–H and O–H groups in total. The number of nitrogens with one attached hydrogen (secondary N) is 2. The first-order valence-electron chi connectivity index (χ1n) is 9.60. The number of rotatable bonds is 7. The van der Waals surface area contributed by atoms with Crippen LogP contribution in [0.2, 0.25) is 0 Å². The molecule has 2 aromatic carbocycles. The van der Waals surface area contributed by atoms with E-state index in [2.05, 4.69) is 44.2 Å². The fourth-order valence-corrected chi connectivity index (χ4v) is 3.29. The number of benzene rings is 2. The molecule has 6 heteroatoms. The predicted molar refractivity (Wildman–Crippen MR) is 114 cm³/mol. The van der Waals surface area contributed by atoms with Crippen molar-refractivity contribution in [1.29, 1.82) is 0 Å². The van der Waals surface area contributed by atoms with Crippen LogP contribution in [0.1, 0.15) is 11.1 Å². The normalized spacial score (nSPS) is 11.1. The Balaban J connectivity index is 1.52. The van der Waals surface area contributed by atoms with Crippen LogP contribution < -0.4 is 5.56 Å². The highest BCUT2D eigenvalue weighted by Crippen LogP contribution is 2.20. The van der Waals surface area contributed by atoms with E-state index in [1.807, 2.05) is 54.9 Å². The zero-order chi connectivity index (χ0) is 20.1. The van der Waals surface area contributed by atoms with Gasteiger partial charge in [0, 0.05) is 36.5 Å². The van der Waals surface area contributed by atoms with Gasteiger partial charge in [0.25, 0.3) is 5.56 Å². The lowest BCUT2D eigenvalue weighted by Gasteiger charge is -2.16. The standard InChI is InChI=1S/C23H23N5O/c1-28(11-10-18-14-24-25-15-18)16-17-6-5-9-20(12-17)23-26-21(13-22(29)27-23)19-7-3-2-4-8-19/h2-9,12-15H,10-11,16H2,1H3,(H,24,25)(H,26,27,29). The van der Waals surface area contributed by atoms with Crippen LogP contribution in [0, 0.1) is 0 Å². The van der Waals surface area contributed by atoms with Gasteiger partial charge in [0.05, 0.1) is 11.9 Å². The number of aromatic amines is 2. The van der Waals surface area contributed by atoms with E-state index in [1.165, 1.54) is 17.2 Å². The molecule has 0 bridgehead atoms. The molecule has 0 unspecified atom stereocenters. The van der Waals surface area contributed by atoms with Crippen molar-refractivity contribution in [1.82, 2.24) is 25.1 Å². The van der Waals surface area contributed by atoms with Crippen LogP contribution in [0.15, 0.2) is 77.9 Å². The summed E-state index contributed by atoms with van der Waals surface area (Å²) in [6, 6.07) is 19.4. The lowest BCUT2D eigenvalue weighted by atomic mass is 10.1. The summed E-state index contributed by atoms with van der Waals surface area (Å²) in [7, 11) is 2.10. The summed E-state index contributed by atoms with van der Waals surface area (Å²) >= 11 is 0. The van der Waals surface area contributed by atoms with Crippen molar-refractivity contribution < 1.29 is 0 Å². The van der Waals surface area contributed by atoms with Gasteiger partial charge in [0.1, 0.15) is 5.82 Å². The second-order valence-corrected chi connectivity index (χ2v) is 7.14. The van der Waals surface area contributed by atoms with Gasteiger partial charge in [-0.25, -0.2) is 4.98 Å². The lowest BCUT2D eigenvalue weighted by Crippen LogP contribution is -2.20. The summed E-state index contributed by atoms with van der Waals surface area (Å²) in [4.78, 5) is 22.0. The van der Waals surface area contributed by atoms with E-state index >= 15 is 0 Å². The lowest BCUT2D eigenvalue weighted by molar-refractivity contribution is 0.331. The smallest absolute Gasteiger partial charge is 0.251 e. The highest BCUT2D eigenvalue weighted by molar-refractivity contribution is 5.63. The van der Waals surface area contributed by atoms with E-state index in [1.54, 1.807) is 0 Å². The van der Waals surface area contributed by atoms with Crippen molar-refractivity contribution in [2.45, 2.75) is 13.0 Å². The quantitative estimate of drug-likeness (QED) is 0.510. The van der Waals surface area contributed by atoms with E-state index < -0.39 is 0 Å². The van der Waals surface area contributed by atoms with Gasteiger partial charge in [-0.15, -0.1) is 0 Å². The number of hydrogen-bond acceptors (Lipinski definition) is 4. The minimum atomic E-state index is -0.156. The van der Waals surface area contributed by atoms with Crippen LogP contribution in [-0.4, -0.2) is 38.7 Å². The Labute approximate surface area is 169 Å². The van der Waals surface area contributed by atoms with E-state index in [0.717, 1.165) is 30.6 Å². The third-order valence-corrected chi connectivity index (χ3v) is 4.80. The van der Waals surface area contributed by atoms with Crippen molar-refractivity contribution in [3.05, 3.63) is 94.5 Å². The monoisotopic (exact) mass is 385 g/mol. The number of hydrogen-bond donors (Lipinski definition) is 2. The molecular formula is C23H23N5O. The van der Waals surface area contributed by atoms with Crippen molar-refractivity contribution in [3.8, 4) is 22.6 Å².